The lowest BCUT2D eigenvalue weighted by molar-refractivity contribution is -0.177. The Morgan fingerprint density at radius 1 is 1.22 bits per heavy atom. The number of hydrogen-bond acceptors (Lipinski definition) is 3. The van der Waals surface area contributed by atoms with Crippen LogP contribution >= 0.6 is 0 Å². The summed E-state index contributed by atoms with van der Waals surface area (Å²) in [5.74, 6) is -1.18. The Labute approximate surface area is 136 Å². The number of allylic oxidation sites excluding steroid dienone is 2. The second kappa shape index (κ2) is 6.41. The maximum absolute atomic E-state index is 12.6. The minimum Gasteiger partial charge on any atom is -0.465 e. The van der Waals surface area contributed by atoms with Crippen molar-refractivity contribution in [2.45, 2.75) is 25.9 Å². The van der Waals surface area contributed by atoms with Gasteiger partial charge in [0.25, 0.3) is 0 Å². The summed E-state index contributed by atoms with van der Waals surface area (Å²) in [5.41, 5.74) is 1.07. The summed E-state index contributed by atoms with van der Waals surface area (Å²) in [6, 6.07) is 9.65. The van der Waals surface area contributed by atoms with Gasteiger partial charge in [0.05, 0.1) is 18.7 Å². The number of carbonyl (C=O) groups is 2. The molecule has 1 aliphatic carbocycles. The van der Waals surface area contributed by atoms with Gasteiger partial charge in [0.15, 0.2) is 5.92 Å². The molecule has 3 rings (SSSR count). The summed E-state index contributed by atoms with van der Waals surface area (Å²) in [5, 5.41) is 0. The zero-order chi connectivity index (χ0) is 16.4. The van der Waals surface area contributed by atoms with Crippen LogP contribution in [0.4, 0.5) is 0 Å². The van der Waals surface area contributed by atoms with Crippen molar-refractivity contribution in [2.24, 2.45) is 11.8 Å². The molecule has 1 aromatic rings. The van der Waals surface area contributed by atoms with Crippen LogP contribution in [0.5, 0.6) is 0 Å². The van der Waals surface area contributed by atoms with E-state index in [4.69, 9.17) is 4.74 Å². The van der Waals surface area contributed by atoms with Crippen molar-refractivity contribution >= 4 is 11.9 Å². The molecule has 4 heteroatoms. The number of amides is 1. The van der Waals surface area contributed by atoms with Gasteiger partial charge < -0.3 is 9.64 Å². The number of β-lactam (4-membered cyclic amide) rings is 1. The molecule has 0 N–H and O–H groups in total. The average Bonchev–Trinajstić information content (AvgIpc) is 3.07. The third kappa shape index (κ3) is 2.69. The molecule has 1 saturated heterocycles. The molecule has 0 spiro atoms. The van der Waals surface area contributed by atoms with Crippen LogP contribution in [-0.4, -0.2) is 29.4 Å². The lowest BCUT2D eigenvalue weighted by Crippen LogP contribution is -2.66. The van der Waals surface area contributed by atoms with Crippen molar-refractivity contribution in [2.75, 3.05) is 6.61 Å². The van der Waals surface area contributed by atoms with Crippen LogP contribution < -0.4 is 0 Å². The number of likely N-dealkylation sites (tertiary alicyclic amines) is 1. The molecular formula is C19H21NO3. The largest absolute Gasteiger partial charge is 0.465 e. The highest BCUT2D eigenvalue weighted by Crippen LogP contribution is 2.41. The van der Waals surface area contributed by atoms with E-state index in [1.807, 2.05) is 66.5 Å². The van der Waals surface area contributed by atoms with E-state index < -0.39 is 11.9 Å². The maximum atomic E-state index is 12.6. The van der Waals surface area contributed by atoms with Crippen molar-refractivity contribution in [3.63, 3.8) is 0 Å². The van der Waals surface area contributed by atoms with E-state index in [0.29, 0.717) is 6.61 Å². The summed E-state index contributed by atoms with van der Waals surface area (Å²) in [6.07, 6.45) is 7.99. The maximum Gasteiger partial charge on any atom is 0.320 e. The van der Waals surface area contributed by atoms with Gasteiger partial charge in [-0.1, -0.05) is 54.6 Å². The highest BCUT2D eigenvalue weighted by molar-refractivity contribution is 6.04. The fourth-order valence-electron chi connectivity index (χ4n) is 3.43. The van der Waals surface area contributed by atoms with Crippen LogP contribution in [0, 0.1) is 11.8 Å². The van der Waals surface area contributed by atoms with Gasteiger partial charge in [-0.05, 0) is 19.4 Å². The molecule has 0 unspecified atom stereocenters. The monoisotopic (exact) mass is 311 g/mol. The molecular weight excluding hydrogens is 290 g/mol. The molecule has 0 radical (unpaired) electrons. The van der Waals surface area contributed by atoms with Gasteiger partial charge in [0, 0.05) is 5.92 Å². The van der Waals surface area contributed by atoms with Crippen LogP contribution in [0.25, 0.3) is 0 Å². The molecule has 0 aromatic heterocycles. The Balaban J connectivity index is 1.87. The van der Waals surface area contributed by atoms with Gasteiger partial charge in [-0.15, -0.1) is 0 Å². The molecule has 2 aliphatic rings. The van der Waals surface area contributed by atoms with Crippen molar-refractivity contribution in [1.29, 1.82) is 0 Å². The Hall–Kier alpha value is -2.36. The zero-order valence-corrected chi connectivity index (χ0v) is 13.4. The molecule has 23 heavy (non-hydrogen) atoms. The van der Waals surface area contributed by atoms with Crippen molar-refractivity contribution in [1.82, 2.24) is 4.90 Å². The lowest BCUT2D eigenvalue weighted by atomic mass is 9.77. The van der Waals surface area contributed by atoms with E-state index in [9.17, 15) is 9.59 Å². The smallest absolute Gasteiger partial charge is 0.320 e. The second-order valence-corrected chi connectivity index (χ2v) is 5.90. The molecule has 3 atom stereocenters. The van der Waals surface area contributed by atoms with Gasteiger partial charge >= 0.3 is 5.97 Å². The molecule has 120 valence electrons. The van der Waals surface area contributed by atoms with Crippen LogP contribution in [0.2, 0.25) is 0 Å². The first-order valence-corrected chi connectivity index (χ1v) is 8.04. The van der Waals surface area contributed by atoms with E-state index in [-0.39, 0.29) is 23.9 Å². The normalized spacial score (nSPS) is 24.6. The number of nitrogens with zero attached hydrogens (tertiary/aromatic N) is 1. The van der Waals surface area contributed by atoms with E-state index in [1.165, 1.54) is 0 Å². The molecule has 1 aliphatic heterocycles. The summed E-state index contributed by atoms with van der Waals surface area (Å²) in [6.45, 7) is 4.06. The SMILES string of the molecule is CCOC(=O)[C@@H]1C(=O)N([C@H](C)c2ccccc2)[C@H]1C1C=CC=C1. The fourth-order valence-corrected chi connectivity index (χ4v) is 3.43. The first-order chi connectivity index (χ1) is 11.1. The van der Waals surface area contributed by atoms with Gasteiger partial charge in [-0.2, -0.15) is 0 Å². The van der Waals surface area contributed by atoms with Gasteiger partial charge in [0.1, 0.15) is 0 Å². The van der Waals surface area contributed by atoms with E-state index in [0.717, 1.165) is 5.56 Å². The number of hydrogen-bond donors (Lipinski definition) is 0. The Morgan fingerprint density at radius 2 is 1.87 bits per heavy atom. The van der Waals surface area contributed by atoms with Crippen molar-refractivity contribution in [3.8, 4) is 0 Å². The summed E-state index contributed by atoms with van der Waals surface area (Å²) >= 11 is 0. The van der Waals surface area contributed by atoms with Gasteiger partial charge in [-0.25, -0.2) is 0 Å². The summed E-state index contributed by atoms with van der Waals surface area (Å²) in [7, 11) is 0. The summed E-state index contributed by atoms with van der Waals surface area (Å²) < 4.78 is 5.11. The van der Waals surface area contributed by atoms with Gasteiger partial charge in [0.2, 0.25) is 5.91 Å². The molecule has 1 amide bonds. The molecule has 1 fully saturated rings. The third-order valence-electron chi connectivity index (χ3n) is 4.60. The van der Waals surface area contributed by atoms with Crippen molar-refractivity contribution < 1.29 is 14.3 Å². The first kappa shape index (κ1) is 15.5. The Kier molecular flexibility index (Phi) is 4.33. The highest BCUT2D eigenvalue weighted by atomic mass is 16.5. The van der Waals surface area contributed by atoms with Crippen LogP contribution in [0.15, 0.2) is 54.6 Å². The van der Waals surface area contributed by atoms with E-state index in [2.05, 4.69) is 0 Å². The predicted octanol–water partition coefficient (Wildman–Crippen LogP) is 2.88. The number of ether oxygens (including phenoxy) is 1. The minimum atomic E-state index is -0.696. The molecule has 1 heterocycles. The topological polar surface area (TPSA) is 46.6 Å². The lowest BCUT2D eigenvalue weighted by Gasteiger charge is -2.51. The second-order valence-electron chi connectivity index (χ2n) is 5.90. The molecule has 0 saturated carbocycles. The number of rotatable bonds is 5. The Bertz CT molecular complexity index is 638. The first-order valence-electron chi connectivity index (χ1n) is 8.04. The van der Waals surface area contributed by atoms with Crippen LogP contribution in [-0.2, 0) is 14.3 Å². The zero-order valence-electron chi connectivity index (χ0n) is 13.4. The third-order valence-corrected chi connectivity index (χ3v) is 4.60. The fraction of sp³-hybridized carbons (Fsp3) is 0.368. The number of benzene rings is 1. The number of esters is 1. The molecule has 4 nitrogen and oxygen atoms in total. The quantitative estimate of drug-likeness (QED) is 0.477. The molecule has 0 bridgehead atoms. The van der Waals surface area contributed by atoms with E-state index >= 15 is 0 Å². The minimum absolute atomic E-state index is 0.0632. The van der Waals surface area contributed by atoms with Crippen molar-refractivity contribution in [3.05, 3.63) is 60.2 Å². The van der Waals surface area contributed by atoms with E-state index in [1.54, 1.807) is 6.92 Å². The highest BCUT2D eigenvalue weighted by Gasteiger charge is 2.56. The molecule has 1 aromatic carbocycles. The Morgan fingerprint density at radius 3 is 2.48 bits per heavy atom. The van der Waals surface area contributed by atoms with Crippen LogP contribution in [0.1, 0.15) is 25.5 Å². The number of carbonyl (C=O) groups excluding carboxylic acids is 2. The average molecular weight is 311 g/mol. The predicted molar refractivity (Wildman–Crippen MR) is 87.4 cm³/mol. The summed E-state index contributed by atoms with van der Waals surface area (Å²) in [4.78, 5) is 26.6. The van der Waals surface area contributed by atoms with Crippen LogP contribution in [0.3, 0.4) is 0 Å². The van der Waals surface area contributed by atoms with Gasteiger partial charge in [-0.3, -0.25) is 9.59 Å². The standard InChI is InChI=1S/C19H21NO3/c1-3-23-19(22)16-17(15-11-7-8-12-15)20(18(16)21)13(2)14-9-5-4-6-10-14/h4-13,15-17H,3H2,1-2H3/t13-,16+,17+/m1/s1.